The van der Waals surface area contributed by atoms with Gasteiger partial charge >= 0.3 is 0 Å². The van der Waals surface area contributed by atoms with Crippen molar-refractivity contribution in [2.45, 2.75) is 20.3 Å². The van der Waals surface area contributed by atoms with Gasteiger partial charge in [0, 0.05) is 13.1 Å². The Morgan fingerprint density at radius 1 is 1.39 bits per heavy atom. The van der Waals surface area contributed by atoms with Crippen molar-refractivity contribution in [3.05, 3.63) is 30.1 Å². The summed E-state index contributed by atoms with van der Waals surface area (Å²) in [6.07, 6.45) is 1.15. The highest BCUT2D eigenvalue weighted by atomic mass is 19.1. The molecule has 1 atom stereocenters. The second-order valence-corrected chi connectivity index (χ2v) is 5.60. The quantitative estimate of drug-likeness (QED) is 0.864. The van der Waals surface area contributed by atoms with Crippen LogP contribution < -0.4 is 10.2 Å². The molecular formula is C15H23FN2. The largest absolute Gasteiger partial charge is 0.369 e. The summed E-state index contributed by atoms with van der Waals surface area (Å²) < 4.78 is 13.7. The fraction of sp³-hybridized carbons (Fsp3) is 0.600. The molecule has 2 rings (SSSR count). The van der Waals surface area contributed by atoms with Crippen LogP contribution in [0.2, 0.25) is 0 Å². The Morgan fingerprint density at radius 3 is 2.89 bits per heavy atom. The highest BCUT2D eigenvalue weighted by molar-refractivity contribution is 5.48. The maximum absolute atomic E-state index is 13.7. The van der Waals surface area contributed by atoms with E-state index in [1.54, 1.807) is 12.1 Å². The van der Waals surface area contributed by atoms with E-state index in [1.165, 1.54) is 0 Å². The van der Waals surface area contributed by atoms with E-state index in [0.717, 1.165) is 38.3 Å². The fourth-order valence-electron chi connectivity index (χ4n) is 2.50. The van der Waals surface area contributed by atoms with Gasteiger partial charge in [0.05, 0.1) is 5.69 Å². The summed E-state index contributed by atoms with van der Waals surface area (Å²) >= 11 is 0. The van der Waals surface area contributed by atoms with Gasteiger partial charge in [-0.15, -0.1) is 0 Å². The first kappa shape index (κ1) is 13.3. The minimum absolute atomic E-state index is 0.103. The molecule has 2 nitrogen and oxygen atoms in total. The predicted molar refractivity (Wildman–Crippen MR) is 74.4 cm³/mol. The van der Waals surface area contributed by atoms with Crippen molar-refractivity contribution in [3.63, 3.8) is 0 Å². The molecule has 3 heteroatoms. The van der Waals surface area contributed by atoms with E-state index in [0.29, 0.717) is 11.8 Å². The lowest BCUT2D eigenvalue weighted by Crippen LogP contribution is -2.28. The number of anilines is 1. The van der Waals surface area contributed by atoms with Gasteiger partial charge in [-0.1, -0.05) is 26.0 Å². The predicted octanol–water partition coefficient (Wildman–Crippen LogP) is 2.90. The summed E-state index contributed by atoms with van der Waals surface area (Å²) in [6.45, 7) is 8.47. The number of nitrogens with one attached hydrogen (secondary N) is 1. The third-order valence-electron chi connectivity index (χ3n) is 3.46. The number of hydrogen-bond acceptors (Lipinski definition) is 2. The van der Waals surface area contributed by atoms with Crippen molar-refractivity contribution in [2.24, 2.45) is 11.8 Å². The van der Waals surface area contributed by atoms with Crippen molar-refractivity contribution in [3.8, 4) is 0 Å². The van der Waals surface area contributed by atoms with Crippen molar-refractivity contribution >= 4 is 5.69 Å². The Kier molecular flexibility index (Phi) is 4.59. The van der Waals surface area contributed by atoms with Crippen LogP contribution in [0.4, 0.5) is 10.1 Å². The minimum atomic E-state index is -0.103. The second-order valence-electron chi connectivity index (χ2n) is 5.60. The highest BCUT2D eigenvalue weighted by Crippen LogP contribution is 2.25. The topological polar surface area (TPSA) is 15.3 Å². The molecule has 1 aliphatic heterocycles. The Bertz CT molecular complexity index is 379. The monoisotopic (exact) mass is 250 g/mol. The normalized spacial score (nSPS) is 19.8. The van der Waals surface area contributed by atoms with Gasteiger partial charge in [0.2, 0.25) is 0 Å². The molecule has 1 heterocycles. The average molecular weight is 250 g/mol. The van der Waals surface area contributed by atoms with E-state index in [9.17, 15) is 4.39 Å². The van der Waals surface area contributed by atoms with Gasteiger partial charge in [-0.2, -0.15) is 0 Å². The number of nitrogens with zero attached hydrogens (tertiary/aromatic N) is 1. The molecule has 100 valence electrons. The zero-order valence-corrected chi connectivity index (χ0v) is 11.3. The third kappa shape index (κ3) is 3.45. The van der Waals surface area contributed by atoms with Gasteiger partial charge in [0.1, 0.15) is 5.82 Å². The maximum atomic E-state index is 13.7. The average Bonchev–Trinajstić information content (AvgIpc) is 2.78. The number of para-hydroxylation sites is 1. The molecule has 1 N–H and O–H groups in total. The van der Waals surface area contributed by atoms with Crippen LogP contribution in [0.3, 0.4) is 0 Å². The summed E-state index contributed by atoms with van der Waals surface area (Å²) in [7, 11) is 0. The molecule has 0 aliphatic carbocycles. The zero-order valence-electron chi connectivity index (χ0n) is 11.3. The summed E-state index contributed by atoms with van der Waals surface area (Å²) in [6, 6.07) is 7.07. The lowest BCUT2D eigenvalue weighted by Gasteiger charge is -2.19. The molecular weight excluding hydrogens is 227 g/mol. The van der Waals surface area contributed by atoms with Crippen LogP contribution in [0, 0.1) is 17.7 Å². The number of benzene rings is 1. The van der Waals surface area contributed by atoms with E-state index in [2.05, 4.69) is 24.1 Å². The summed E-state index contributed by atoms with van der Waals surface area (Å²) in [5.41, 5.74) is 0.754. The summed E-state index contributed by atoms with van der Waals surface area (Å²) in [5, 5.41) is 3.49. The molecule has 0 aromatic heterocycles. The van der Waals surface area contributed by atoms with Crippen LogP contribution in [-0.2, 0) is 0 Å². The van der Waals surface area contributed by atoms with Crippen molar-refractivity contribution < 1.29 is 4.39 Å². The maximum Gasteiger partial charge on any atom is 0.146 e. The smallest absolute Gasteiger partial charge is 0.146 e. The first-order valence-electron chi connectivity index (χ1n) is 6.87. The third-order valence-corrected chi connectivity index (χ3v) is 3.46. The molecule has 1 saturated heterocycles. The number of rotatable bonds is 5. The van der Waals surface area contributed by atoms with Crippen LogP contribution in [-0.4, -0.2) is 26.2 Å². The van der Waals surface area contributed by atoms with Gasteiger partial charge in [0.25, 0.3) is 0 Å². The molecule has 0 radical (unpaired) electrons. The van der Waals surface area contributed by atoms with Crippen molar-refractivity contribution in [1.82, 2.24) is 5.32 Å². The van der Waals surface area contributed by atoms with Crippen LogP contribution in [0.5, 0.6) is 0 Å². The Labute approximate surface area is 109 Å². The number of hydrogen-bond donors (Lipinski definition) is 1. The first-order valence-corrected chi connectivity index (χ1v) is 6.87. The van der Waals surface area contributed by atoms with Gasteiger partial charge in [-0.05, 0) is 43.5 Å². The Balaban J connectivity index is 1.83. The molecule has 0 spiro atoms. The molecule has 0 saturated carbocycles. The Hall–Kier alpha value is -1.09. The van der Waals surface area contributed by atoms with Crippen LogP contribution in [0.15, 0.2) is 24.3 Å². The molecule has 1 fully saturated rings. The molecule has 1 aromatic rings. The van der Waals surface area contributed by atoms with E-state index in [4.69, 9.17) is 0 Å². The molecule has 0 amide bonds. The lowest BCUT2D eigenvalue weighted by molar-refractivity contribution is 0.477. The first-order chi connectivity index (χ1) is 8.66. The molecule has 0 bridgehead atoms. The van der Waals surface area contributed by atoms with E-state index >= 15 is 0 Å². The molecule has 18 heavy (non-hydrogen) atoms. The molecule has 1 aliphatic rings. The van der Waals surface area contributed by atoms with E-state index < -0.39 is 0 Å². The molecule has 1 unspecified atom stereocenters. The number of halogens is 1. The van der Waals surface area contributed by atoms with Gasteiger partial charge in [-0.25, -0.2) is 4.39 Å². The summed E-state index contributed by atoms with van der Waals surface area (Å²) in [4.78, 5) is 2.16. The van der Waals surface area contributed by atoms with Crippen LogP contribution in [0.25, 0.3) is 0 Å². The van der Waals surface area contributed by atoms with Crippen LogP contribution >= 0.6 is 0 Å². The van der Waals surface area contributed by atoms with Crippen molar-refractivity contribution in [2.75, 3.05) is 31.1 Å². The van der Waals surface area contributed by atoms with Gasteiger partial charge in [0.15, 0.2) is 0 Å². The SMILES string of the molecule is CC(C)CNCC1CCN(c2ccccc2F)C1. The Morgan fingerprint density at radius 2 is 2.17 bits per heavy atom. The van der Waals surface area contributed by atoms with Crippen molar-refractivity contribution in [1.29, 1.82) is 0 Å². The van der Waals surface area contributed by atoms with Gasteiger partial charge in [-0.3, -0.25) is 0 Å². The summed E-state index contributed by atoms with van der Waals surface area (Å²) in [5.74, 6) is 1.23. The van der Waals surface area contributed by atoms with E-state index in [-0.39, 0.29) is 5.82 Å². The standard InChI is InChI=1S/C15H23FN2/c1-12(2)9-17-10-13-7-8-18(11-13)15-6-4-3-5-14(15)16/h3-6,12-13,17H,7-11H2,1-2H3. The lowest BCUT2D eigenvalue weighted by atomic mass is 10.1. The highest BCUT2D eigenvalue weighted by Gasteiger charge is 2.23. The van der Waals surface area contributed by atoms with Gasteiger partial charge < -0.3 is 10.2 Å². The second kappa shape index (κ2) is 6.19. The molecule has 1 aromatic carbocycles. The fourth-order valence-corrected chi connectivity index (χ4v) is 2.50. The minimum Gasteiger partial charge on any atom is -0.369 e. The van der Waals surface area contributed by atoms with E-state index in [1.807, 2.05) is 12.1 Å². The zero-order chi connectivity index (χ0) is 13.0. The van der Waals surface area contributed by atoms with Crippen LogP contribution in [0.1, 0.15) is 20.3 Å².